The molecule has 3 nitrogen and oxygen atoms in total. The van der Waals surface area contributed by atoms with Crippen molar-refractivity contribution >= 4 is 0 Å². The molecule has 2 N–H and O–H groups in total. The molecule has 1 heterocycles. The van der Waals surface area contributed by atoms with Gasteiger partial charge in [-0.05, 0) is 11.8 Å². The number of aromatic nitrogens is 2. The average Bonchev–Trinajstić information content (AvgIpc) is 2.63. The van der Waals surface area contributed by atoms with E-state index in [0.29, 0.717) is 6.04 Å². The van der Waals surface area contributed by atoms with Crippen LogP contribution in [0.15, 0.2) is 12.4 Å². The van der Waals surface area contributed by atoms with Crippen molar-refractivity contribution in [2.45, 2.75) is 59.5 Å². The molecule has 0 saturated heterocycles. The number of aryl methyl sites for hydroxylation is 1. The van der Waals surface area contributed by atoms with Crippen LogP contribution in [0.3, 0.4) is 0 Å². The zero-order valence-corrected chi connectivity index (χ0v) is 11.2. The van der Waals surface area contributed by atoms with Gasteiger partial charge in [-0.1, -0.05) is 34.6 Å². The number of nitrogens with two attached hydrogens (primary N) is 1. The van der Waals surface area contributed by atoms with E-state index in [1.165, 1.54) is 0 Å². The van der Waals surface area contributed by atoms with Gasteiger partial charge in [-0.25, -0.2) is 4.98 Å². The third kappa shape index (κ3) is 2.64. The Labute approximate surface area is 99.1 Å². The van der Waals surface area contributed by atoms with Crippen LogP contribution in [0.1, 0.15) is 52.9 Å². The molecule has 0 saturated carbocycles. The summed E-state index contributed by atoms with van der Waals surface area (Å²) in [5, 5.41) is 0. The summed E-state index contributed by atoms with van der Waals surface area (Å²) in [4.78, 5) is 4.39. The Morgan fingerprint density at radius 2 is 2.00 bits per heavy atom. The van der Waals surface area contributed by atoms with E-state index in [4.69, 9.17) is 5.73 Å². The van der Waals surface area contributed by atoms with Crippen LogP contribution in [0, 0.1) is 5.41 Å². The molecule has 16 heavy (non-hydrogen) atoms. The summed E-state index contributed by atoms with van der Waals surface area (Å²) >= 11 is 0. The normalized spacial score (nSPS) is 16.1. The second kappa shape index (κ2) is 5.00. The Balaban J connectivity index is 3.11. The number of imidazole rings is 1. The van der Waals surface area contributed by atoms with Crippen LogP contribution in [-0.4, -0.2) is 15.6 Å². The third-order valence-corrected chi connectivity index (χ3v) is 3.13. The Morgan fingerprint density at radius 1 is 1.38 bits per heavy atom. The highest BCUT2D eigenvalue weighted by Crippen LogP contribution is 2.34. The molecule has 0 amide bonds. The summed E-state index contributed by atoms with van der Waals surface area (Å²) in [6.45, 7) is 11.0. The number of nitrogens with zero attached hydrogens (tertiary/aromatic N) is 2. The largest absolute Gasteiger partial charge is 0.330 e. The minimum Gasteiger partial charge on any atom is -0.330 e. The molecule has 0 aliphatic heterocycles. The van der Waals surface area contributed by atoms with Gasteiger partial charge >= 0.3 is 0 Å². The zero-order chi connectivity index (χ0) is 12.3. The quantitative estimate of drug-likeness (QED) is 0.853. The Hall–Kier alpha value is -0.830. The maximum atomic E-state index is 6.27. The van der Waals surface area contributed by atoms with Crippen molar-refractivity contribution in [1.82, 2.24) is 9.55 Å². The second-order valence-electron chi connectivity index (χ2n) is 5.49. The first-order valence-corrected chi connectivity index (χ1v) is 6.19. The lowest BCUT2D eigenvalue weighted by Crippen LogP contribution is -2.40. The molecule has 2 atom stereocenters. The van der Waals surface area contributed by atoms with E-state index < -0.39 is 0 Å². The summed E-state index contributed by atoms with van der Waals surface area (Å²) in [6.07, 6.45) is 5.88. The van der Waals surface area contributed by atoms with E-state index in [-0.39, 0.29) is 11.5 Å². The Morgan fingerprint density at radius 3 is 2.44 bits per heavy atom. The fraction of sp³-hybridized carbons (Fsp3) is 0.769. The Bertz CT molecular complexity index is 322. The van der Waals surface area contributed by atoms with Crippen molar-refractivity contribution < 1.29 is 0 Å². The fourth-order valence-corrected chi connectivity index (χ4v) is 2.36. The molecule has 1 rings (SSSR count). The third-order valence-electron chi connectivity index (χ3n) is 3.13. The molecule has 0 aromatic carbocycles. The van der Waals surface area contributed by atoms with E-state index in [2.05, 4.69) is 50.4 Å². The van der Waals surface area contributed by atoms with Crippen molar-refractivity contribution in [2.24, 2.45) is 11.1 Å². The van der Waals surface area contributed by atoms with E-state index >= 15 is 0 Å². The minimum atomic E-state index is 0.153. The first-order chi connectivity index (χ1) is 7.41. The van der Waals surface area contributed by atoms with Gasteiger partial charge in [0.1, 0.15) is 5.82 Å². The molecule has 0 fully saturated rings. The topological polar surface area (TPSA) is 43.8 Å². The molecule has 92 valence electrons. The van der Waals surface area contributed by atoms with Crippen molar-refractivity contribution in [1.29, 1.82) is 0 Å². The van der Waals surface area contributed by atoms with Crippen LogP contribution >= 0.6 is 0 Å². The summed E-state index contributed by atoms with van der Waals surface area (Å²) < 4.78 is 2.26. The molecule has 2 unspecified atom stereocenters. The van der Waals surface area contributed by atoms with Gasteiger partial charge in [0.15, 0.2) is 0 Å². The van der Waals surface area contributed by atoms with E-state index in [0.717, 1.165) is 18.7 Å². The maximum absolute atomic E-state index is 6.27. The van der Waals surface area contributed by atoms with Gasteiger partial charge in [-0.2, -0.15) is 0 Å². The monoisotopic (exact) mass is 223 g/mol. The molecule has 1 aromatic heterocycles. The lowest BCUT2D eigenvalue weighted by Gasteiger charge is -2.37. The first-order valence-electron chi connectivity index (χ1n) is 6.19. The number of rotatable bonds is 4. The molecule has 0 bridgehead atoms. The minimum absolute atomic E-state index is 0.153. The predicted molar refractivity (Wildman–Crippen MR) is 68.4 cm³/mol. The summed E-state index contributed by atoms with van der Waals surface area (Å²) in [5.74, 6) is 1.13. The lowest BCUT2D eigenvalue weighted by molar-refractivity contribution is 0.198. The van der Waals surface area contributed by atoms with Crippen molar-refractivity contribution in [3.8, 4) is 0 Å². The summed E-state index contributed by atoms with van der Waals surface area (Å²) in [5.41, 5.74) is 6.42. The molecule has 0 radical (unpaired) electrons. The Kier molecular flexibility index (Phi) is 4.14. The van der Waals surface area contributed by atoms with Crippen LogP contribution < -0.4 is 5.73 Å². The fourth-order valence-electron chi connectivity index (χ4n) is 2.36. The van der Waals surface area contributed by atoms with Gasteiger partial charge in [-0.15, -0.1) is 0 Å². The summed E-state index contributed by atoms with van der Waals surface area (Å²) in [6, 6.07) is 0.495. The van der Waals surface area contributed by atoms with Crippen LogP contribution in [-0.2, 0) is 6.42 Å². The van der Waals surface area contributed by atoms with Gasteiger partial charge < -0.3 is 10.3 Å². The molecule has 0 spiro atoms. The van der Waals surface area contributed by atoms with Gasteiger partial charge in [0.25, 0.3) is 0 Å². The van der Waals surface area contributed by atoms with Gasteiger partial charge in [0, 0.05) is 24.9 Å². The summed E-state index contributed by atoms with van der Waals surface area (Å²) in [7, 11) is 0. The lowest BCUT2D eigenvalue weighted by atomic mass is 9.81. The highest BCUT2D eigenvalue weighted by atomic mass is 15.1. The average molecular weight is 223 g/mol. The smallest absolute Gasteiger partial charge is 0.108 e. The molecule has 0 aliphatic rings. The van der Waals surface area contributed by atoms with Gasteiger partial charge in [-0.3, -0.25) is 0 Å². The SMILES string of the molecule is CCc1nccn1C(C(N)CC)C(C)(C)C. The van der Waals surface area contributed by atoms with E-state index in [1.54, 1.807) is 0 Å². The van der Waals surface area contributed by atoms with Crippen LogP contribution in [0.25, 0.3) is 0 Å². The van der Waals surface area contributed by atoms with Crippen molar-refractivity contribution in [3.05, 3.63) is 18.2 Å². The van der Waals surface area contributed by atoms with Crippen LogP contribution in [0.4, 0.5) is 0 Å². The van der Waals surface area contributed by atoms with Crippen molar-refractivity contribution in [2.75, 3.05) is 0 Å². The van der Waals surface area contributed by atoms with Crippen LogP contribution in [0.2, 0.25) is 0 Å². The standard InChI is InChI=1S/C13H25N3/c1-6-10(14)12(13(3,4)5)16-9-8-15-11(16)7-2/h8-10,12H,6-7,14H2,1-5H3. The predicted octanol–water partition coefficient (Wildman–Crippen LogP) is 2.77. The first kappa shape index (κ1) is 13.2. The number of hydrogen-bond acceptors (Lipinski definition) is 2. The molecule has 3 heteroatoms. The van der Waals surface area contributed by atoms with E-state index in [1.807, 2.05) is 6.20 Å². The molecular formula is C13H25N3. The number of hydrogen-bond donors (Lipinski definition) is 1. The molecule has 0 aliphatic carbocycles. The maximum Gasteiger partial charge on any atom is 0.108 e. The highest BCUT2D eigenvalue weighted by molar-refractivity contribution is 5.00. The molecule has 1 aromatic rings. The van der Waals surface area contributed by atoms with Gasteiger partial charge in [0.2, 0.25) is 0 Å². The highest BCUT2D eigenvalue weighted by Gasteiger charge is 2.31. The van der Waals surface area contributed by atoms with E-state index in [9.17, 15) is 0 Å². The zero-order valence-electron chi connectivity index (χ0n) is 11.2. The molecular weight excluding hydrogens is 198 g/mol. The van der Waals surface area contributed by atoms with Gasteiger partial charge in [0.05, 0.1) is 6.04 Å². The second-order valence-corrected chi connectivity index (χ2v) is 5.49. The van der Waals surface area contributed by atoms with Crippen LogP contribution in [0.5, 0.6) is 0 Å². The van der Waals surface area contributed by atoms with Crippen molar-refractivity contribution in [3.63, 3.8) is 0 Å².